The molecule has 28 heavy (non-hydrogen) atoms. The topological polar surface area (TPSA) is 60.9 Å². The number of piperazine rings is 1. The lowest BCUT2D eigenvalue weighted by molar-refractivity contribution is -0.162. The van der Waals surface area contributed by atoms with E-state index in [1.54, 1.807) is 9.80 Å². The molecule has 2 heterocycles. The average molecular weight is 383 g/mol. The van der Waals surface area contributed by atoms with Gasteiger partial charge in [-0.15, -0.1) is 0 Å². The summed E-state index contributed by atoms with van der Waals surface area (Å²) in [6.45, 7) is 9.94. The van der Waals surface area contributed by atoms with Crippen molar-refractivity contribution in [3.05, 3.63) is 48.6 Å². The highest BCUT2D eigenvalue weighted by atomic mass is 16.2. The van der Waals surface area contributed by atoms with E-state index in [0.29, 0.717) is 45.6 Å². The van der Waals surface area contributed by atoms with Crippen LogP contribution < -0.4 is 0 Å². The second-order valence-electron chi connectivity index (χ2n) is 8.06. The van der Waals surface area contributed by atoms with Gasteiger partial charge in [-0.2, -0.15) is 0 Å². The fourth-order valence-corrected chi connectivity index (χ4v) is 4.14. The summed E-state index contributed by atoms with van der Waals surface area (Å²) in [6, 6.07) is 9.91. The fraction of sp³-hybridized carbons (Fsp3) is 0.500. The van der Waals surface area contributed by atoms with Gasteiger partial charge in [0.1, 0.15) is 5.54 Å². The summed E-state index contributed by atoms with van der Waals surface area (Å²) in [5.41, 5.74) is 0.226. The summed E-state index contributed by atoms with van der Waals surface area (Å²) in [6.07, 6.45) is 2.58. The molecule has 2 aliphatic heterocycles. The normalized spacial score (nSPS) is 20.2. The predicted octanol–water partition coefficient (Wildman–Crippen LogP) is 2.06. The molecule has 6 heteroatoms. The molecule has 1 aromatic carbocycles. The molecule has 6 nitrogen and oxygen atoms in total. The summed E-state index contributed by atoms with van der Waals surface area (Å²) in [5, 5.41) is 0. The number of rotatable bonds is 4. The van der Waals surface area contributed by atoms with Crippen molar-refractivity contribution in [2.45, 2.75) is 38.8 Å². The lowest BCUT2D eigenvalue weighted by Crippen LogP contribution is -2.65. The second-order valence-corrected chi connectivity index (χ2v) is 8.06. The van der Waals surface area contributed by atoms with Gasteiger partial charge in [-0.3, -0.25) is 14.4 Å². The molecule has 0 spiro atoms. The number of carbonyl (C=O) groups is 3. The smallest absolute Gasteiger partial charge is 0.248 e. The zero-order valence-electron chi connectivity index (χ0n) is 16.8. The molecule has 0 N–H and O–H groups in total. The number of likely N-dealkylation sites (tertiary alicyclic amines) is 1. The van der Waals surface area contributed by atoms with Crippen molar-refractivity contribution in [2.24, 2.45) is 5.92 Å². The van der Waals surface area contributed by atoms with Crippen LogP contribution in [0.15, 0.2) is 43.0 Å². The van der Waals surface area contributed by atoms with Gasteiger partial charge in [0.2, 0.25) is 17.7 Å². The number of carbonyl (C=O) groups excluding carboxylic acids is 3. The van der Waals surface area contributed by atoms with Crippen LogP contribution in [0.3, 0.4) is 0 Å². The maximum atomic E-state index is 13.2. The first kappa shape index (κ1) is 20.1. The van der Waals surface area contributed by atoms with Gasteiger partial charge in [0.15, 0.2) is 0 Å². The Bertz CT molecular complexity index is 752. The molecule has 0 unspecified atom stereocenters. The third kappa shape index (κ3) is 3.96. The molecule has 1 aromatic rings. The number of piperidine rings is 1. The van der Waals surface area contributed by atoms with E-state index in [9.17, 15) is 14.4 Å². The minimum absolute atomic E-state index is 0.0183. The van der Waals surface area contributed by atoms with Crippen molar-refractivity contribution in [3.8, 4) is 0 Å². The van der Waals surface area contributed by atoms with E-state index in [2.05, 4.69) is 6.58 Å². The van der Waals surface area contributed by atoms with Crippen LogP contribution in [-0.2, 0) is 20.9 Å². The van der Waals surface area contributed by atoms with Crippen LogP contribution in [0.1, 0.15) is 32.3 Å². The molecular weight excluding hydrogens is 354 g/mol. The minimum Gasteiger partial charge on any atom is -0.339 e. The highest BCUT2D eigenvalue weighted by Gasteiger charge is 2.45. The highest BCUT2D eigenvalue weighted by Crippen LogP contribution is 2.29. The summed E-state index contributed by atoms with van der Waals surface area (Å²) in [5.74, 6) is -0.212. The van der Waals surface area contributed by atoms with Gasteiger partial charge in [0.25, 0.3) is 0 Å². The van der Waals surface area contributed by atoms with E-state index in [1.807, 2.05) is 49.1 Å². The van der Waals surface area contributed by atoms with Crippen molar-refractivity contribution in [2.75, 3.05) is 26.2 Å². The van der Waals surface area contributed by atoms with Gasteiger partial charge in [0, 0.05) is 38.6 Å². The summed E-state index contributed by atoms with van der Waals surface area (Å²) in [4.78, 5) is 43.3. The maximum Gasteiger partial charge on any atom is 0.248 e. The van der Waals surface area contributed by atoms with E-state index >= 15 is 0 Å². The molecule has 2 fully saturated rings. The Labute approximate surface area is 166 Å². The zero-order chi connectivity index (χ0) is 20.3. The average Bonchev–Trinajstić information content (AvgIpc) is 2.71. The molecule has 0 aliphatic carbocycles. The third-order valence-electron chi connectivity index (χ3n) is 5.89. The number of amides is 3. The van der Waals surface area contributed by atoms with Crippen LogP contribution >= 0.6 is 0 Å². The molecule has 0 saturated carbocycles. The summed E-state index contributed by atoms with van der Waals surface area (Å²) >= 11 is 0. The Morgan fingerprint density at radius 1 is 1.11 bits per heavy atom. The van der Waals surface area contributed by atoms with Crippen LogP contribution in [0, 0.1) is 5.92 Å². The van der Waals surface area contributed by atoms with Crippen LogP contribution in [-0.4, -0.2) is 64.1 Å². The van der Waals surface area contributed by atoms with E-state index < -0.39 is 5.54 Å². The molecule has 3 amide bonds. The first-order valence-corrected chi connectivity index (χ1v) is 9.90. The molecule has 150 valence electrons. The number of benzene rings is 1. The van der Waals surface area contributed by atoms with Crippen molar-refractivity contribution in [3.63, 3.8) is 0 Å². The first-order valence-electron chi connectivity index (χ1n) is 9.90. The summed E-state index contributed by atoms with van der Waals surface area (Å²) in [7, 11) is 0. The van der Waals surface area contributed by atoms with Crippen molar-refractivity contribution < 1.29 is 14.4 Å². The second kappa shape index (κ2) is 8.17. The number of hydrogen-bond donors (Lipinski definition) is 0. The maximum absolute atomic E-state index is 13.2. The molecule has 0 radical (unpaired) electrons. The van der Waals surface area contributed by atoms with Crippen LogP contribution in [0.2, 0.25) is 0 Å². The lowest BCUT2D eigenvalue weighted by atomic mass is 9.90. The van der Waals surface area contributed by atoms with Gasteiger partial charge >= 0.3 is 0 Å². The Balaban J connectivity index is 1.64. The van der Waals surface area contributed by atoms with Crippen molar-refractivity contribution in [1.82, 2.24) is 14.7 Å². The minimum atomic E-state index is -0.863. The monoisotopic (exact) mass is 383 g/mol. The van der Waals surface area contributed by atoms with E-state index in [0.717, 1.165) is 5.56 Å². The Hall–Kier alpha value is -2.63. The molecule has 0 aromatic heterocycles. The molecule has 3 rings (SSSR count). The van der Waals surface area contributed by atoms with Gasteiger partial charge in [0.05, 0.1) is 0 Å². The third-order valence-corrected chi connectivity index (χ3v) is 5.89. The number of nitrogens with zero attached hydrogens (tertiary/aromatic N) is 3. The molecule has 2 aliphatic rings. The summed E-state index contributed by atoms with van der Waals surface area (Å²) < 4.78 is 0. The Morgan fingerprint density at radius 3 is 2.36 bits per heavy atom. The largest absolute Gasteiger partial charge is 0.339 e. The van der Waals surface area contributed by atoms with Gasteiger partial charge in [-0.25, -0.2) is 0 Å². The Kier molecular flexibility index (Phi) is 5.87. The predicted molar refractivity (Wildman–Crippen MR) is 107 cm³/mol. The van der Waals surface area contributed by atoms with Crippen LogP contribution in [0.4, 0.5) is 0 Å². The van der Waals surface area contributed by atoms with Crippen molar-refractivity contribution >= 4 is 17.7 Å². The lowest BCUT2D eigenvalue weighted by Gasteiger charge is -2.47. The van der Waals surface area contributed by atoms with Crippen LogP contribution in [0.25, 0.3) is 0 Å². The number of hydrogen-bond acceptors (Lipinski definition) is 3. The SMILES string of the molecule is C=CC(=O)N1CCC(C(=O)N2CCN(Cc3ccccc3)C(=O)C2(C)C)CC1. The first-order chi connectivity index (χ1) is 13.3. The highest BCUT2D eigenvalue weighted by molar-refractivity contribution is 5.93. The zero-order valence-corrected chi connectivity index (χ0v) is 16.8. The van der Waals surface area contributed by atoms with E-state index in [-0.39, 0.29) is 23.6 Å². The fourth-order valence-electron chi connectivity index (χ4n) is 4.14. The molecule has 0 atom stereocenters. The molecular formula is C22H29N3O3. The van der Waals surface area contributed by atoms with E-state index in [4.69, 9.17) is 0 Å². The van der Waals surface area contributed by atoms with Crippen LogP contribution in [0.5, 0.6) is 0 Å². The standard InChI is InChI=1S/C22H29N3O3/c1-4-19(26)23-12-10-18(11-13-23)20(27)25-15-14-24(21(28)22(25,2)3)16-17-8-6-5-7-9-17/h4-9,18H,1,10-16H2,2-3H3. The Morgan fingerprint density at radius 2 is 1.75 bits per heavy atom. The van der Waals surface area contributed by atoms with Crippen molar-refractivity contribution in [1.29, 1.82) is 0 Å². The molecule has 0 bridgehead atoms. The van der Waals surface area contributed by atoms with E-state index in [1.165, 1.54) is 6.08 Å². The quantitative estimate of drug-likeness (QED) is 0.748. The van der Waals surface area contributed by atoms with Gasteiger partial charge in [-0.05, 0) is 38.3 Å². The molecule has 2 saturated heterocycles. The van der Waals surface area contributed by atoms with Gasteiger partial charge in [-0.1, -0.05) is 36.9 Å². The van der Waals surface area contributed by atoms with Gasteiger partial charge < -0.3 is 14.7 Å².